The van der Waals surface area contributed by atoms with Crippen LogP contribution >= 0.6 is 11.6 Å². The molecule has 0 fully saturated rings. The zero-order valence-corrected chi connectivity index (χ0v) is 13.1. The quantitative estimate of drug-likeness (QED) is 0.871. The molecular formula is C14H13ClN2O4S. The lowest BCUT2D eigenvalue weighted by molar-refractivity contribution is 0.0697. The van der Waals surface area contributed by atoms with Gasteiger partial charge in [0.05, 0.1) is 27.2 Å². The van der Waals surface area contributed by atoms with Crippen LogP contribution in [0.2, 0.25) is 5.02 Å². The van der Waals surface area contributed by atoms with Gasteiger partial charge in [0.2, 0.25) is 10.0 Å². The first-order chi connectivity index (χ1) is 10.3. The predicted octanol–water partition coefficient (Wildman–Crippen LogP) is 2.47. The van der Waals surface area contributed by atoms with Crippen molar-refractivity contribution in [3.05, 3.63) is 58.9 Å². The molecule has 1 aromatic carbocycles. The number of carboxylic acids is 1. The lowest BCUT2D eigenvalue weighted by Gasteiger charge is -2.14. The number of halogens is 1. The van der Waals surface area contributed by atoms with E-state index in [-0.39, 0.29) is 15.5 Å². The van der Waals surface area contributed by atoms with E-state index < -0.39 is 22.0 Å². The predicted molar refractivity (Wildman–Crippen MR) is 81.4 cm³/mol. The van der Waals surface area contributed by atoms with Crippen molar-refractivity contribution >= 4 is 27.6 Å². The van der Waals surface area contributed by atoms with Gasteiger partial charge in [0.25, 0.3) is 0 Å². The van der Waals surface area contributed by atoms with E-state index in [9.17, 15) is 13.2 Å². The highest BCUT2D eigenvalue weighted by atomic mass is 35.5. The van der Waals surface area contributed by atoms with E-state index in [1.54, 1.807) is 31.3 Å². The lowest BCUT2D eigenvalue weighted by Crippen LogP contribution is -2.27. The standard InChI is InChI=1S/C14H13ClN2O4S/c1-9(13-4-2-3-7-16-13)17-22(20,21)10-5-6-12(15)11(8-10)14(18)19/h2-9,17H,1H3,(H,18,19)/t9-/m1/s1. The van der Waals surface area contributed by atoms with Crippen LogP contribution in [0.3, 0.4) is 0 Å². The third kappa shape index (κ3) is 3.62. The molecule has 0 amide bonds. The van der Waals surface area contributed by atoms with Gasteiger partial charge in [0, 0.05) is 6.20 Å². The van der Waals surface area contributed by atoms with Crippen LogP contribution < -0.4 is 4.72 Å². The highest BCUT2D eigenvalue weighted by Gasteiger charge is 2.21. The van der Waals surface area contributed by atoms with Gasteiger partial charge in [-0.2, -0.15) is 0 Å². The van der Waals surface area contributed by atoms with Crippen LogP contribution in [0.15, 0.2) is 47.5 Å². The maximum Gasteiger partial charge on any atom is 0.337 e. The molecule has 0 unspecified atom stereocenters. The zero-order valence-electron chi connectivity index (χ0n) is 11.5. The molecule has 2 rings (SSSR count). The van der Waals surface area contributed by atoms with Crippen LogP contribution in [0, 0.1) is 0 Å². The lowest BCUT2D eigenvalue weighted by atomic mass is 10.2. The van der Waals surface area contributed by atoms with Crippen LogP contribution in [0.25, 0.3) is 0 Å². The Bertz CT molecular complexity index is 794. The molecular weight excluding hydrogens is 328 g/mol. The minimum atomic E-state index is -3.89. The van der Waals surface area contributed by atoms with E-state index in [1.165, 1.54) is 12.1 Å². The number of nitrogens with one attached hydrogen (secondary N) is 1. The van der Waals surface area contributed by atoms with Crippen molar-refractivity contribution in [1.82, 2.24) is 9.71 Å². The molecule has 0 aliphatic heterocycles. The van der Waals surface area contributed by atoms with Crippen molar-refractivity contribution < 1.29 is 18.3 Å². The fourth-order valence-corrected chi connectivity index (χ4v) is 3.27. The van der Waals surface area contributed by atoms with E-state index in [0.29, 0.717) is 5.69 Å². The Balaban J connectivity index is 2.31. The van der Waals surface area contributed by atoms with Gasteiger partial charge in [-0.15, -0.1) is 0 Å². The average molecular weight is 341 g/mol. The molecule has 2 aromatic rings. The van der Waals surface area contributed by atoms with E-state index >= 15 is 0 Å². The van der Waals surface area contributed by atoms with Gasteiger partial charge in [-0.3, -0.25) is 4.98 Å². The molecule has 22 heavy (non-hydrogen) atoms. The van der Waals surface area contributed by atoms with Gasteiger partial charge >= 0.3 is 5.97 Å². The summed E-state index contributed by atoms with van der Waals surface area (Å²) >= 11 is 5.74. The molecule has 0 aliphatic carbocycles. The fourth-order valence-electron chi connectivity index (χ4n) is 1.83. The minimum Gasteiger partial charge on any atom is -0.478 e. The number of pyridine rings is 1. The monoisotopic (exact) mass is 340 g/mol. The molecule has 1 atom stereocenters. The third-order valence-corrected chi connectivity index (χ3v) is 4.81. The summed E-state index contributed by atoms with van der Waals surface area (Å²) in [6, 6.07) is 8.12. The van der Waals surface area contributed by atoms with Crippen LogP contribution in [0.1, 0.15) is 29.0 Å². The van der Waals surface area contributed by atoms with Gasteiger partial charge in [-0.05, 0) is 37.3 Å². The molecule has 0 saturated heterocycles. The number of hydrogen-bond donors (Lipinski definition) is 2. The average Bonchev–Trinajstić information content (AvgIpc) is 2.47. The van der Waals surface area contributed by atoms with Crippen molar-refractivity contribution in [3.8, 4) is 0 Å². The Labute approximate surface area is 132 Å². The van der Waals surface area contributed by atoms with Gasteiger partial charge in [0.1, 0.15) is 0 Å². The number of sulfonamides is 1. The Morgan fingerprint density at radius 3 is 2.64 bits per heavy atom. The second kappa shape index (κ2) is 6.43. The number of aromatic nitrogens is 1. The number of rotatable bonds is 5. The Morgan fingerprint density at radius 2 is 2.05 bits per heavy atom. The number of benzene rings is 1. The maximum atomic E-state index is 12.3. The maximum absolute atomic E-state index is 12.3. The summed E-state index contributed by atoms with van der Waals surface area (Å²) in [5, 5.41) is 8.98. The van der Waals surface area contributed by atoms with Crippen molar-refractivity contribution in [1.29, 1.82) is 0 Å². The van der Waals surface area contributed by atoms with Crippen LogP contribution in [0.4, 0.5) is 0 Å². The molecule has 2 N–H and O–H groups in total. The summed E-state index contributed by atoms with van der Waals surface area (Å²) in [4.78, 5) is 14.9. The summed E-state index contributed by atoms with van der Waals surface area (Å²) in [5.74, 6) is -1.29. The normalized spacial score (nSPS) is 12.8. The summed E-state index contributed by atoms with van der Waals surface area (Å²) in [6.45, 7) is 1.65. The highest BCUT2D eigenvalue weighted by molar-refractivity contribution is 7.89. The molecule has 6 nitrogen and oxygen atoms in total. The first kappa shape index (κ1) is 16.4. The minimum absolute atomic E-state index is 0.0239. The Kier molecular flexibility index (Phi) is 4.80. The van der Waals surface area contributed by atoms with Crippen molar-refractivity contribution in [2.75, 3.05) is 0 Å². The Morgan fingerprint density at radius 1 is 1.32 bits per heavy atom. The largest absolute Gasteiger partial charge is 0.478 e. The number of carbonyl (C=O) groups is 1. The summed E-state index contributed by atoms with van der Waals surface area (Å²) in [6.07, 6.45) is 1.56. The first-order valence-electron chi connectivity index (χ1n) is 6.27. The molecule has 0 saturated carbocycles. The first-order valence-corrected chi connectivity index (χ1v) is 8.13. The zero-order chi connectivity index (χ0) is 16.3. The highest BCUT2D eigenvalue weighted by Crippen LogP contribution is 2.22. The third-order valence-electron chi connectivity index (χ3n) is 2.94. The van der Waals surface area contributed by atoms with Crippen molar-refractivity contribution in [2.45, 2.75) is 17.9 Å². The summed E-state index contributed by atoms with van der Waals surface area (Å²) < 4.78 is 27.1. The van der Waals surface area contributed by atoms with Gasteiger partial charge < -0.3 is 5.11 Å². The molecule has 8 heteroatoms. The SMILES string of the molecule is C[C@@H](NS(=O)(=O)c1ccc(Cl)c(C(=O)O)c1)c1ccccn1. The number of aromatic carboxylic acids is 1. The molecule has 116 valence electrons. The molecule has 0 bridgehead atoms. The van der Waals surface area contributed by atoms with E-state index in [2.05, 4.69) is 9.71 Å². The topological polar surface area (TPSA) is 96.4 Å². The molecule has 1 aromatic heterocycles. The van der Waals surface area contributed by atoms with Gasteiger partial charge in [-0.25, -0.2) is 17.9 Å². The summed E-state index contributed by atoms with van der Waals surface area (Å²) in [7, 11) is -3.89. The Hall–Kier alpha value is -1.96. The molecule has 0 spiro atoms. The van der Waals surface area contributed by atoms with Crippen molar-refractivity contribution in [3.63, 3.8) is 0 Å². The van der Waals surface area contributed by atoms with Crippen LogP contribution in [-0.4, -0.2) is 24.5 Å². The number of nitrogens with zero attached hydrogens (tertiary/aromatic N) is 1. The van der Waals surface area contributed by atoms with Gasteiger partial charge in [0.15, 0.2) is 0 Å². The summed E-state index contributed by atoms with van der Waals surface area (Å²) in [5.41, 5.74) is 0.286. The molecule has 1 heterocycles. The van der Waals surface area contributed by atoms with Gasteiger partial charge in [-0.1, -0.05) is 17.7 Å². The number of carboxylic acid groups (broad SMARTS) is 1. The second-order valence-electron chi connectivity index (χ2n) is 4.54. The van der Waals surface area contributed by atoms with E-state index in [1.807, 2.05) is 0 Å². The van der Waals surface area contributed by atoms with Crippen LogP contribution in [-0.2, 0) is 10.0 Å². The number of hydrogen-bond acceptors (Lipinski definition) is 4. The van der Waals surface area contributed by atoms with E-state index in [4.69, 9.17) is 16.7 Å². The molecule has 0 radical (unpaired) electrons. The van der Waals surface area contributed by atoms with Crippen molar-refractivity contribution in [2.24, 2.45) is 0 Å². The second-order valence-corrected chi connectivity index (χ2v) is 6.67. The van der Waals surface area contributed by atoms with Crippen LogP contribution in [0.5, 0.6) is 0 Å². The smallest absolute Gasteiger partial charge is 0.337 e. The van der Waals surface area contributed by atoms with E-state index in [0.717, 1.165) is 6.07 Å². The fraction of sp³-hybridized carbons (Fsp3) is 0.143. The molecule has 0 aliphatic rings.